The van der Waals surface area contributed by atoms with E-state index in [1.807, 2.05) is 52.3 Å². The summed E-state index contributed by atoms with van der Waals surface area (Å²) in [6.07, 6.45) is 15.2. The molecule has 1 N–H and O–H groups in total. The number of carbonyl (C=O) groups is 3. The smallest absolute Gasteiger partial charge is 0.318 e. The number of hydrogen-bond donors (Lipinski definition) is 1. The van der Waals surface area contributed by atoms with Gasteiger partial charge in [0, 0.05) is 198 Å². The first-order valence-corrected chi connectivity index (χ1v) is 50.7. The molecule has 1 unspecified atom stereocenters. The second kappa shape index (κ2) is 54.2. The highest BCUT2D eigenvalue weighted by Crippen LogP contribution is 2.43. The molecule has 9 aromatic rings. The van der Waals surface area contributed by atoms with Crippen molar-refractivity contribution in [1.29, 1.82) is 15.8 Å². The number of aliphatic hydroxyl groups is 1. The lowest BCUT2D eigenvalue weighted by Crippen LogP contribution is -2.55. The Morgan fingerprint density at radius 3 is 1.05 bits per heavy atom. The Kier molecular flexibility index (Phi) is 42.6. The molecule has 14 heterocycles. The molecule has 7 atom stereocenters. The molecule has 0 radical (unpaired) electrons. The molecule has 3 aromatic heterocycles. The number of aromatic nitrogens is 6. The van der Waals surface area contributed by atoms with E-state index in [-0.39, 0.29) is 143 Å². The van der Waals surface area contributed by atoms with Crippen LogP contribution in [0.3, 0.4) is 0 Å². The Morgan fingerprint density at radius 1 is 0.401 bits per heavy atom. The molecule has 11 aliphatic rings. The number of ether oxygens (including phenoxy) is 3. The highest BCUT2D eigenvalue weighted by Gasteiger charge is 2.41. The third-order valence-electron chi connectivity index (χ3n) is 29.6. The zero-order chi connectivity index (χ0) is 97.7. The van der Waals surface area contributed by atoms with Crippen LogP contribution >= 0.6 is 116 Å². The van der Waals surface area contributed by atoms with Crippen LogP contribution in [0.15, 0.2) is 133 Å². The first kappa shape index (κ1) is 116. The molecule has 147 heavy (non-hydrogen) atoms. The van der Waals surface area contributed by atoms with E-state index in [1.54, 1.807) is 32.9 Å². The number of likely N-dealkylation sites (tertiary alicyclic amines) is 5. The topological polar surface area (TPSA) is 293 Å². The van der Waals surface area contributed by atoms with Gasteiger partial charge >= 0.3 is 18.0 Å². The molecule has 6 aromatic carbocycles. The van der Waals surface area contributed by atoms with Crippen LogP contribution in [0, 0.1) is 45.8 Å². The number of anilines is 6. The van der Waals surface area contributed by atoms with E-state index in [0.29, 0.717) is 180 Å². The van der Waals surface area contributed by atoms with Crippen molar-refractivity contribution in [2.45, 2.75) is 152 Å². The number of hydrogen-bond acceptors (Lipinski definition) is 27. The average Bonchev–Trinajstić information content (AvgIpc) is 1.13. The van der Waals surface area contributed by atoms with E-state index in [9.17, 15) is 39.0 Å². The summed E-state index contributed by atoms with van der Waals surface area (Å²) in [5.41, 5.74) is 9.20. The summed E-state index contributed by atoms with van der Waals surface area (Å²) < 4.78 is 45.7. The number of halogens is 5. The number of piperazine rings is 3. The molecule has 20 rings (SSSR count). The molecular weight excluding hydrogens is 2040 g/mol. The van der Waals surface area contributed by atoms with E-state index in [1.165, 1.54) is 0 Å². The highest BCUT2D eigenvalue weighted by molar-refractivity contribution is 7.60. The van der Waals surface area contributed by atoms with Crippen molar-refractivity contribution in [3.8, 4) is 48.1 Å². The van der Waals surface area contributed by atoms with Crippen molar-refractivity contribution >= 4 is 200 Å². The number of aliphatic hydroxyl groups excluding tert-OH is 1. The summed E-state index contributed by atoms with van der Waals surface area (Å²) in [5, 5.41) is 46.6. The zero-order valence-corrected chi connectivity index (χ0v) is 91.7. The van der Waals surface area contributed by atoms with Crippen LogP contribution in [0.1, 0.15) is 98.0 Å². The summed E-state index contributed by atoms with van der Waals surface area (Å²) >= 11 is 20.2. The van der Waals surface area contributed by atoms with Gasteiger partial charge in [0.25, 0.3) is 5.91 Å². The van der Waals surface area contributed by atoms with E-state index >= 15 is 0 Å². The van der Waals surface area contributed by atoms with Crippen LogP contribution in [-0.4, -0.2) is 326 Å². The minimum Gasteiger partial charge on any atom is -0.462 e. The van der Waals surface area contributed by atoms with Gasteiger partial charge < -0.3 is 78.1 Å². The monoisotopic (exact) mass is 2180 g/mol. The summed E-state index contributed by atoms with van der Waals surface area (Å²) in [6, 6.07) is 44.7. The van der Waals surface area contributed by atoms with Crippen LogP contribution in [0.5, 0.6) is 18.0 Å². The first-order valence-electron chi connectivity index (χ1n) is 49.6. The largest absolute Gasteiger partial charge is 0.462 e. The molecule has 3 amide bonds. The average molecular weight is 2180 g/mol. The summed E-state index contributed by atoms with van der Waals surface area (Å²) in [6.45, 7) is 15.8. The van der Waals surface area contributed by atoms with E-state index in [0.717, 1.165) is 213 Å². The summed E-state index contributed by atoms with van der Waals surface area (Å²) in [5.74, 6) is 6.77. The molecule has 8 fully saturated rings. The van der Waals surface area contributed by atoms with Gasteiger partial charge in [0.2, 0.25) is 11.8 Å². The molecule has 786 valence electrons. The number of carbonyl (C=O) groups excluding carboxylic acids is 3. The van der Waals surface area contributed by atoms with Crippen molar-refractivity contribution < 1.29 is 42.5 Å². The third-order valence-corrected chi connectivity index (χ3v) is 30.6. The van der Waals surface area contributed by atoms with E-state index in [2.05, 4.69) is 168 Å². The van der Waals surface area contributed by atoms with Crippen LogP contribution in [0.25, 0.3) is 32.3 Å². The number of likely N-dealkylation sites (N-methyl/N-ethyl adjacent to an activating group) is 3. The number of rotatable bonds is 24. The lowest BCUT2D eigenvalue weighted by Gasteiger charge is -2.42. The lowest BCUT2D eigenvalue weighted by atomic mass is 10.0. The lowest BCUT2D eigenvalue weighted by molar-refractivity contribution is -0.129. The van der Waals surface area contributed by atoms with Crippen LogP contribution in [0.2, 0.25) is 15.1 Å². The number of fused-ring (bicyclic) bond motifs is 6. The fourth-order valence-electron chi connectivity index (χ4n) is 21.9. The predicted molar refractivity (Wildman–Crippen MR) is 607 cm³/mol. The number of alkyl halides is 2. The maximum absolute atomic E-state index is 13.6. The van der Waals surface area contributed by atoms with Crippen LogP contribution < -0.4 is 43.6 Å². The Balaban J connectivity index is 0.000000192. The third kappa shape index (κ3) is 27.3. The van der Waals surface area contributed by atoms with E-state index < -0.39 is 12.3 Å². The van der Waals surface area contributed by atoms with Gasteiger partial charge in [-0.15, -0.1) is 0 Å². The maximum atomic E-state index is 13.6. The second-order valence-corrected chi connectivity index (χ2v) is 39.8. The Hall–Kier alpha value is -9.95. The van der Waals surface area contributed by atoms with Gasteiger partial charge in [-0.2, -0.15) is 127 Å². The summed E-state index contributed by atoms with van der Waals surface area (Å²) in [4.78, 5) is 98.9. The Bertz CT molecular complexity index is 6330. The molecule has 0 saturated carbocycles. The molecule has 0 spiro atoms. The van der Waals surface area contributed by atoms with Gasteiger partial charge in [-0.1, -0.05) is 126 Å². The molecule has 8 saturated heterocycles. The fourth-order valence-corrected chi connectivity index (χ4v) is 22.7. The second-order valence-electron chi connectivity index (χ2n) is 38.6. The number of benzene rings is 6. The van der Waals surface area contributed by atoms with Crippen molar-refractivity contribution in [3.63, 3.8) is 0 Å². The fraction of sp³-hybridized carbons (Fsp3) is 0.491. The first-order chi connectivity index (χ1) is 68.7. The highest BCUT2D eigenvalue weighted by atomic mass is 35.5. The SMILES string of the molecule is CN1CCC[C@H]1COc1nc2c(c(N3CCN(C(=O)/C=C/CN4CC(F)C4)[C@@H](CC#N)C3)n1)CCN(c1cccc3cccc(Cl)c13)C2.CN1CCC[C@H]1COc1nc2c(c(N3CCN(C(=O)/C=C/CN4CCC(F)C4)[C@@H](CC#N)C3)n1)CCN(c1cccc3cccc(Cl)c13)C2.CN1CCC[C@H]1COc1nc2c(c(N3CCN(C(=O)C#CCO)[C@@H](CC#N)C3)n1)CCN(c1cccc3cccc(Cl)c13)C2.S.S.S.S.S.S. The molecule has 11 aliphatic heterocycles. The summed E-state index contributed by atoms with van der Waals surface area (Å²) in [7, 11) is 6.38. The normalized spacial score (nSPS) is 21.1. The van der Waals surface area contributed by atoms with Crippen molar-refractivity contribution in [2.24, 2.45) is 0 Å². The van der Waals surface area contributed by atoms with Crippen molar-refractivity contribution in [1.82, 2.24) is 69.1 Å². The quantitative estimate of drug-likeness (QED) is 0.0434. The number of nitrogens with zero attached hydrogens (tertiary/aromatic N) is 23. The number of amides is 3. The van der Waals surface area contributed by atoms with Gasteiger partial charge in [-0.3, -0.25) is 24.2 Å². The zero-order valence-electron chi connectivity index (χ0n) is 83.4. The van der Waals surface area contributed by atoms with Crippen molar-refractivity contribution in [2.75, 3.05) is 214 Å². The molecule has 41 heteroatoms. The van der Waals surface area contributed by atoms with Crippen LogP contribution in [-0.2, 0) is 53.3 Å². The Morgan fingerprint density at radius 2 is 0.735 bits per heavy atom. The van der Waals surface area contributed by atoms with Gasteiger partial charge in [0.15, 0.2) is 0 Å². The molecule has 0 aliphatic carbocycles. The number of nitriles is 3. The molecule has 0 bridgehead atoms. The minimum atomic E-state index is -0.792. The molecular formula is C106H134Cl3F2N23O7S6. The van der Waals surface area contributed by atoms with Gasteiger partial charge in [0.05, 0.1) is 107 Å². The van der Waals surface area contributed by atoms with Gasteiger partial charge in [-0.25, -0.2) is 8.78 Å². The predicted octanol–water partition coefficient (Wildman–Crippen LogP) is 13.2. The van der Waals surface area contributed by atoms with Crippen LogP contribution in [0.4, 0.5) is 43.3 Å². The van der Waals surface area contributed by atoms with E-state index in [4.69, 9.17) is 84.0 Å². The Labute approximate surface area is 917 Å². The maximum Gasteiger partial charge on any atom is 0.318 e. The van der Waals surface area contributed by atoms with Crippen molar-refractivity contribution in [3.05, 3.63) is 182 Å². The molecule has 30 nitrogen and oxygen atoms in total. The van der Waals surface area contributed by atoms with Gasteiger partial charge in [0.1, 0.15) is 56.2 Å². The van der Waals surface area contributed by atoms with Gasteiger partial charge in [-0.05, 0) is 163 Å². The standard InChI is InChI=1S/C37H44ClFN8O2.C36H42ClFN8O2.C33H36ClN7O3.6H2S/c1-43-16-4-8-29(43)25-49-37-41-32-24-45(33-10-3-7-26-6-2-9-31(38)35(26)33)19-14-30(32)36(42-37)46-20-21-47(28(23-46)12-15-40)34(48)11-5-17-44-18-13-27(39)22-44;1-42-15-4-8-28(42)24-48-36-40-31-23-44(32-10-3-7-25-6-2-9-30(37)34(25)32)17-13-29(31)35(41-36)45-18-19-46(27(22-45)12-14-39)33(47)11-5-16-43-20-26(38)21-43;1-38-15-4-8-25(38)22-44-33-36-28-21-39(29-10-3-7-23-6-2-9-27(34)31(23)29)16-13-26(28)32(37-33)40-17-18-41(24(20-40)12-14-35)30(43)11-5-19-42;;;;;;/h2-3,5-7,9-11,27-29H,4,8,12-14,16-25H2,1H3;2-3,5-7,9-11,26-28H,4,8,12-13,15-24H2,1H3;2-3,6-7,9-10,24-25,42H,4,8,12-13,15-22H2,1H3;6*1H2/b2*11-5+;;;;;;;/t27?,28-,29-;27-,28-;24-,25-;;;;;;/m000....../s1. The minimum absolute atomic E-state index is 0.